The van der Waals surface area contributed by atoms with Crippen molar-refractivity contribution in [3.63, 3.8) is 0 Å². The third-order valence-corrected chi connectivity index (χ3v) is 3.85. The predicted octanol–water partition coefficient (Wildman–Crippen LogP) is 3.24. The summed E-state index contributed by atoms with van der Waals surface area (Å²) in [5, 5.41) is 11.0. The minimum absolute atomic E-state index is 0.254. The van der Waals surface area contributed by atoms with Crippen molar-refractivity contribution in [1.82, 2.24) is 15.0 Å². The zero-order valence-electron chi connectivity index (χ0n) is 14.9. The third kappa shape index (κ3) is 3.51. The highest BCUT2D eigenvalue weighted by molar-refractivity contribution is 6.03. The highest BCUT2D eigenvalue weighted by atomic mass is 16.5. The van der Waals surface area contributed by atoms with Crippen LogP contribution in [0.3, 0.4) is 0 Å². The SMILES string of the molecule is CCOc1ccc(NC(=O)c2nnn(-c3ccccc3OC)c2C)cc1. The van der Waals surface area contributed by atoms with Gasteiger partial charge in [-0.15, -0.1) is 5.10 Å². The van der Waals surface area contributed by atoms with Crippen molar-refractivity contribution < 1.29 is 14.3 Å². The van der Waals surface area contributed by atoms with Gasteiger partial charge in [0.15, 0.2) is 5.69 Å². The van der Waals surface area contributed by atoms with E-state index < -0.39 is 0 Å². The number of para-hydroxylation sites is 2. The van der Waals surface area contributed by atoms with E-state index >= 15 is 0 Å². The van der Waals surface area contributed by atoms with Gasteiger partial charge in [-0.25, -0.2) is 4.68 Å². The van der Waals surface area contributed by atoms with Crippen LogP contribution in [0.4, 0.5) is 5.69 Å². The maximum atomic E-state index is 12.6. The van der Waals surface area contributed by atoms with Crippen LogP contribution in [0.1, 0.15) is 23.1 Å². The molecule has 26 heavy (non-hydrogen) atoms. The Balaban J connectivity index is 1.82. The second-order valence-corrected chi connectivity index (χ2v) is 5.52. The number of hydrogen-bond donors (Lipinski definition) is 1. The highest BCUT2D eigenvalue weighted by Gasteiger charge is 2.19. The zero-order valence-corrected chi connectivity index (χ0v) is 14.9. The molecule has 7 heteroatoms. The molecular formula is C19H20N4O3. The number of benzene rings is 2. The predicted molar refractivity (Wildman–Crippen MR) is 98.2 cm³/mol. The minimum atomic E-state index is -0.326. The molecule has 2 aromatic carbocycles. The molecule has 0 saturated carbocycles. The number of ether oxygens (including phenoxy) is 2. The number of amides is 1. The number of anilines is 1. The average molecular weight is 352 g/mol. The fourth-order valence-electron chi connectivity index (χ4n) is 2.56. The van der Waals surface area contributed by atoms with Gasteiger partial charge in [-0.3, -0.25) is 4.79 Å². The summed E-state index contributed by atoms with van der Waals surface area (Å²) >= 11 is 0. The Morgan fingerprint density at radius 1 is 1.15 bits per heavy atom. The maximum Gasteiger partial charge on any atom is 0.278 e. The van der Waals surface area contributed by atoms with Crippen molar-refractivity contribution in [2.75, 3.05) is 19.0 Å². The molecule has 1 amide bonds. The van der Waals surface area contributed by atoms with Crippen LogP contribution in [0.5, 0.6) is 11.5 Å². The average Bonchev–Trinajstić information content (AvgIpc) is 3.05. The number of carbonyl (C=O) groups excluding carboxylic acids is 1. The molecule has 7 nitrogen and oxygen atoms in total. The lowest BCUT2D eigenvalue weighted by molar-refractivity contribution is 0.102. The topological polar surface area (TPSA) is 78.3 Å². The molecule has 1 N–H and O–H groups in total. The summed E-state index contributed by atoms with van der Waals surface area (Å²) < 4.78 is 12.3. The van der Waals surface area contributed by atoms with Crippen molar-refractivity contribution in [2.24, 2.45) is 0 Å². The number of nitrogens with zero attached hydrogens (tertiary/aromatic N) is 3. The number of nitrogens with one attached hydrogen (secondary N) is 1. The van der Waals surface area contributed by atoms with Gasteiger partial charge in [0.2, 0.25) is 0 Å². The van der Waals surface area contributed by atoms with Gasteiger partial charge in [0, 0.05) is 5.69 Å². The van der Waals surface area contributed by atoms with E-state index in [4.69, 9.17) is 9.47 Å². The molecule has 1 aromatic heterocycles. The molecule has 0 aliphatic carbocycles. The molecule has 0 radical (unpaired) electrons. The molecule has 0 spiro atoms. The van der Waals surface area contributed by atoms with Gasteiger partial charge in [0.05, 0.1) is 19.4 Å². The molecular weight excluding hydrogens is 332 g/mol. The quantitative estimate of drug-likeness (QED) is 0.737. The maximum absolute atomic E-state index is 12.6. The van der Waals surface area contributed by atoms with E-state index in [-0.39, 0.29) is 11.6 Å². The van der Waals surface area contributed by atoms with Crippen LogP contribution in [0.25, 0.3) is 5.69 Å². The Morgan fingerprint density at radius 2 is 1.88 bits per heavy atom. The lowest BCUT2D eigenvalue weighted by Crippen LogP contribution is -2.14. The van der Waals surface area contributed by atoms with Crippen molar-refractivity contribution in [3.05, 3.63) is 59.9 Å². The molecule has 3 aromatic rings. The van der Waals surface area contributed by atoms with E-state index in [2.05, 4.69) is 15.6 Å². The first kappa shape index (κ1) is 17.5. The highest BCUT2D eigenvalue weighted by Crippen LogP contribution is 2.23. The summed E-state index contributed by atoms with van der Waals surface area (Å²) in [7, 11) is 1.59. The first-order valence-corrected chi connectivity index (χ1v) is 8.24. The third-order valence-electron chi connectivity index (χ3n) is 3.85. The molecule has 134 valence electrons. The van der Waals surface area contributed by atoms with E-state index in [9.17, 15) is 4.79 Å². The Morgan fingerprint density at radius 3 is 2.58 bits per heavy atom. The van der Waals surface area contributed by atoms with Gasteiger partial charge < -0.3 is 14.8 Å². The summed E-state index contributed by atoms with van der Waals surface area (Å²) in [4.78, 5) is 12.6. The second kappa shape index (κ2) is 7.69. The first-order valence-electron chi connectivity index (χ1n) is 8.24. The van der Waals surface area contributed by atoms with Crippen LogP contribution < -0.4 is 14.8 Å². The lowest BCUT2D eigenvalue weighted by Gasteiger charge is -2.09. The normalized spacial score (nSPS) is 10.4. The lowest BCUT2D eigenvalue weighted by atomic mass is 10.2. The fourth-order valence-corrected chi connectivity index (χ4v) is 2.56. The summed E-state index contributed by atoms with van der Waals surface area (Å²) in [6, 6.07) is 14.6. The Labute approximate surface area is 151 Å². The Hall–Kier alpha value is -3.35. The smallest absolute Gasteiger partial charge is 0.278 e. The molecule has 0 fully saturated rings. The van der Waals surface area contributed by atoms with Crippen LogP contribution in [-0.4, -0.2) is 34.6 Å². The number of rotatable bonds is 6. The molecule has 0 unspecified atom stereocenters. The van der Waals surface area contributed by atoms with E-state index in [1.54, 1.807) is 43.0 Å². The molecule has 0 atom stereocenters. The van der Waals surface area contributed by atoms with Gasteiger partial charge >= 0.3 is 0 Å². The summed E-state index contributed by atoms with van der Waals surface area (Å²) in [5.41, 5.74) is 2.26. The monoisotopic (exact) mass is 352 g/mol. The molecule has 0 saturated heterocycles. The fraction of sp³-hybridized carbons (Fsp3) is 0.211. The van der Waals surface area contributed by atoms with Crippen LogP contribution in [-0.2, 0) is 0 Å². The van der Waals surface area contributed by atoms with Gasteiger partial charge in [-0.2, -0.15) is 0 Å². The summed E-state index contributed by atoms with van der Waals surface area (Å²) in [6.45, 7) is 4.31. The van der Waals surface area contributed by atoms with Crippen molar-refractivity contribution in [2.45, 2.75) is 13.8 Å². The largest absolute Gasteiger partial charge is 0.494 e. The molecule has 1 heterocycles. The minimum Gasteiger partial charge on any atom is -0.494 e. The van der Waals surface area contributed by atoms with Gasteiger partial charge in [0.1, 0.15) is 17.2 Å². The van der Waals surface area contributed by atoms with Gasteiger partial charge in [-0.1, -0.05) is 17.3 Å². The standard InChI is InChI=1S/C19H20N4O3/c1-4-26-15-11-9-14(10-12-15)20-19(24)18-13(2)23(22-21-18)16-7-5-6-8-17(16)25-3/h5-12H,4H2,1-3H3,(H,20,24). The van der Waals surface area contributed by atoms with E-state index in [0.29, 0.717) is 23.7 Å². The first-order chi connectivity index (χ1) is 12.6. The molecule has 0 aliphatic rings. The van der Waals surface area contributed by atoms with E-state index in [1.807, 2.05) is 31.2 Å². The molecule has 3 rings (SSSR count). The Kier molecular flexibility index (Phi) is 5.17. The second-order valence-electron chi connectivity index (χ2n) is 5.52. The number of carbonyl (C=O) groups is 1. The van der Waals surface area contributed by atoms with E-state index in [1.165, 1.54) is 0 Å². The molecule has 0 bridgehead atoms. The van der Waals surface area contributed by atoms with Crippen LogP contribution >= 0.6 is 0 Å². The summed E-state index contributed by atoms with van der Waals surface area (Å²) in [6.07, 6.45) is 0. The van der Waals surface area contributed by atoms with Gasteiger partial charge in [-0.05, 0) is 50.2 Å². The Bertz CT molecular complexity index is 903. The van der Waals surface area contributed by atoms with E-state index in [0.717, 1.165) is 11.4 Å². The molecule has 0 aliphatic heterocycles. The van der Waals surface area contributed by atoms with Crippen molar-refractivity contribution in [1.29, 1.82) is 0 Å². The zero-order chi connectivity index (χ0) is 18.5. The van der Waals surface area contributed by atoms with Crippen molar-refractivity contribution >= 4 is 11.6 Å². The van der Waals surface area contributed by atoms with Crippen LogP contribution in [0, 0.1) is 6.92 Å². The number of hydrogen-bond acceptors (Lipinski definition) is 5. The van der Waals surface area contributed by atoms with Crippen molar-refractivity contribution in [3.8, 4) is 17.2 Å². The van der Waals surface area contributed by atoms with Crippen LogP contribution in [0.2, 0.25) is 0 Å². The number of methoxy groups -OCH3 is 1. The van der Waals surface area contributed by atoms with Crippen LogP contribution in [0.15, 0.2) is 48.5 Å². The summed E-state index contributed by atoms with van der Waals surface area (Å²) in [5.74, 6) is 1.08. The number of aromatic nitrogens is 3. The van der Waals surface area contributed by atoms with Gasteiger partial charge in [0.25, 0.3) is 5.91 Å².